The maximum atomic E-state index is 13.6. The topological polar surface area (TPSA) is 59.1 Å². The van der Waals surface area contributed by atoms with Crippen LogP contribution >= 0.6 is 11.3 Å². The van der Waals surface area contributed by atoms with E-state index in [2.05, 4.69) is 32.9 Å². The molecule has 0 aliphatic carbocycles. The van der Waals surface area contributed by atoms with Crippen molar-refractivity contribution in [1.82, 2.24) is 9.80 Å². The summed E-state index contributed by atoms with van der Waals surface area (Å²) in [6.07, 6.45) is 8.65. The lowest BCUT2D eigenvalue weighted by molar-refractivity contribution is -0.141. The van der Waals surface area contributed by atoms with E-state index in [1.165, 1.54) is 24.1 Å². The highest BCUT2D eigenvalue weighted by atomic mass is 32.1. The standard InChI is InChI=1S/C30H46N2O4S/c1-6-8-10-11-12-13-29(33)31(19-9-7-2)23-30(34)32(22-26-16-14-24(3)37-26)20-18-25-15-17-27(35-4)28(21-25)36-5/h14-17,21H,6-13,18-20,22-23H2,1-5H3. The molecule has 0 unspecified atom stereocenters. The van der Waals surface area contributed by atoms with Crippen LogP contribution in [0.3, 0.4) is 0 Å². The highest BCUT2D eigenvalue weighted by Crippen LogP contribution is 2.28. The zero-order chi connectivity index (χ0) is 27.0. The number of rotatable bonds is 18. The molecule has 0 atom stereocenters. The number of hydrogen-bond acceptors (Lipinski definition) is 5. The first kappa shape index (κ1) is 30.7. The first-order valence-corrected chi connectivity index (χ1v) is 14.5. The molecule has 0 fully saturated rings. The quantitative estimate of drug-likeness (QED) is 0.203. The lowest BCUT2D eigenvalue weighted by atomic mass is 10.1. The van der Waals surface area contributed by atoms with Gasteiger partial charge in [0.05, 0.1) is 27.3 Å². The van der Waals surface area contributed by atoms with Crippen molar-refractivity contribution in [1.29, 1.82) is 0 Å². The van der Waals surface area contributed by atoms with Crippen LogP contribution in [0.2, 0.25) is 0 Å². The van der Waals surface area contributed by atoms with Crippen molar-refractivity contribution in [2.45, 2.75) is 85.1 Å². The van der Waals surface area contributed by atoms with Gasteiger partial charge in [0.15, 0.2) is 11.5 Å². The van der Waals surface area contributed by atoms with Gasteiger partial charge in [0, 0.05) is 29.3 Å². The Hall–Kier alpha value is -2.54. The Morgan fingerprint density at radius 2 is 1.54 bits per heavy atom. The van der Waals surface area contributed by atoms with Gasteiger partial charge < -0.3 is 19.3 Å². The summed E-state index contributed by atoms with van der Waals surface area (Å²) in [6.45, 7) is 8.29. The summed E-state index contributed by atoms with van der Waals surface area (Å²) in [4.78, 5) is 32.7. The first-order chi connectivity index (χ1) is 17.9. The molecule has 1 heterocycles. The van der Waals surface area contributed by atoms with Crippen molar-refractivity contribution >= 4 is 23.2 Å². The fourth-order valence-corrected chi connectivity index (χ4v) is 5.20. The molecule has 6 nitrogen and oxygen atoms in total. The van der Waals surface area contributed by atoms with E-state index in [1.54, 1.807) is 30.5 Å². The number of hydrogen-bond donors (Lipinski definition) is 0. The summed E-state index contributed by atoms with van der Waals surface area (Å²) in [5, 5.41) is 0. The zero-order valence-electron chi connectivity index (χ0n) is 23.5. The van der Waals surface area contributed by atoms with Crippen molar-refractivity contribution in [2.24, 2.45) is 0 Å². The van der Waals surface area contributed by atoms with Gasteiger partial charge in [0.1, 0.15) is 0 Å². The second kappa shape index (κ2) is 17.1. The number of carbonyl (C=O) groups excluding carboxylic acids is 2. The van der Waals surface area contributed by atoms with E-state index in [9.17, 15) is 9.59 Å². The number of carbonyl (C=O) groups is 2. The summed E-state index contributed by atoms with van der Waals surface area (Å²) < 4.78 is 10.8. The van der Waals surface area contributed by atoms with Crippen molar-refractivity contribution in [3.8, 4) is 11.5 Å². The first-order valence-electron chi connectivity index (χ1n) is 13.7. The molecule has 0 saturated heterocycles. The van der Waals surface area contributed by atoms with E-state index in [-0.39, 0.29) is 18.4 Å². The summed E-state index contributed by atoms with van der Waals surface area (Å²) in [5.74, 6) is 1.47. The molecule has 0 N–H and O–H groups in total. The van der Waals surface area contributed by atoms with Gasteiger partial charge in [-0.05, 0) is 56.0 Å². The van der Waals surface area contributed by atoms with Gasteiger partial charge in [-0.1, -0.05) is 52.0 Å². The lowest BCUT2D eigenvalue weighted by Crippen LogP contribution is -2.43. The normalized spacial score (nSPS) is 10.8. The number of ether oxygens (including phenoxy) is 2. The highest BCUT2D eigenvalue weighted by molar-refractivity contribution is 7.11. The van der Waals surface area contributed by atoms with Crippen LogP contribution in [0.1, 0.15) is 80.5 Å². The molecule has 0 spiro atoms. The van der Waals surface area contributed by atoms with E-state index in [0.717, 1.165) is 36.1 Å². The van der Waals surface area contributed by atoms with E-state index in [0.29, 0.717) is 44.0 Å². The Kier molecular flexibility index (Phi) is 14.1. The van der Waals surface area contributed by atoms with Crippen molar-refractivity contribution < 1.29 is 19.1 Å². The molecule has 7 heteroatoms. The summed E-state index contributed by atoms with van der Waals surface area (Å²) in [6, 6.07) is 10.1. The van der Waals surface area contributed by atoms with Crippen LogP contribution < -0.4 is 9.47 Å². The number of nitrogens with zero attached hydrogens (tertiary/aromatic N) is 2. The number of unbranched alkanes of at least 4 members (excludes halogenated alkanes) is 5. The van der Waals surface area contributed by atoms with Crippen molar-refractivity contribution in [2.75, 3.05) is 33.9 Å². The SMILES string of the molecule is CCCCCCCC(=O)N(CCCC)CC(=O)N(CCc1ccc(OC)c(OC)c1)Cc1ccc(C)s1. The number of aryl methyl sites for hydroxylation is 1. The van der Waals surface area contributed by atoms with Gasteiger partial charge in [-0.3, -0.25) is 9.59 Å². The minimum absolute atomic E-state index is 0.00182. The molecule has 1 aromatic carbocycles. The molecule has 0 aliphatic heterocycles. The summed E-state index contributed by atoms with van der Waals surface area (Å²) in [5.41, 5.74) is 1.07. The third-order valence-corrected chi connectivity index (χ3v) is 7.55. The van der Waals surface area contributed by atoms with Crippen LogP contribution in [0.5, 0.6) is 11.5 Å². The van der Waals surface area contributed by atoms with Gasteiger partial charge >= 0.3 is 0 Å². The van der Waals surface area contributed by atoms with Gasteiger partial charge in [-0.25, -0.2) is 0 Å². The Bertz CT molecular complexity index is 959. The minimum Gasteiger partial charge on any atom is -0.493 e. The van der Waals surface area contributed by atoms with Crippen LogP contribution in [0, 0.1) is 6.92 Å². The predicted molar refractivity (Wildman–Crippen MR) is 153 cm³/mol. The molecule has 206 valence electrons. The number of benzene rings is 1. The van der Waals surface area contributed by atoms with Crippen molar-refractivity contribution in [3.63, 3.8) is 0 Å². The second-order valence-electron chi connectivity index (χ2n) is 9.60. The summed E-state index contributed by atoms with van der Waals surface area (Å²) in [7, 11) is 3.25. The molecule has 37 heavy (non-hydrogen) atoms. The molecule has 0 aliphatic rings. The Labute approximate surface area is 227 Å². The monoisotopic (exact) mass is 530 g/mol. The number of thiophene rings is 1. The molecule has 2 aromatic rings. The predicted octanol–water partition coefficient (Wildman–Crippen LogP) is 6.63. The van der Waals surface area contributed by atoms with E-state index < -0.39 is 0 Å². The average molecular weight is 531 g/mol. The fraction of sp³-hybridized carbons (Fsp3) is 0.600. The second-order valence-corrected chi connectivity index (χ2v) is 11.0. The fourth-order valence-electron chi connectivity index (χ4n) is 4.29. The van der Waals surface area contributed by atoms with Gasteiger partial charge in [0.25, 0.3) is 0 Å². The molecular formula is C30H46N2O4S. The van der Waals surface area contributed by atoms with Crippen LogP contribution in [0.25, 0.3) is 0 Å². The molecular weight excluding hydrogens is 484 g/mol. The lowest BCUT2D eigenvalue weighted by Gasteiger charge is -2.28. The maximum absolute atomic E-state index is 13.6. The zero-order valence-corrected chi connectivity index (χ0v) is 24.3. The van der Waals surface area contributed by atoms with Gasteiger partial charge in [-0.2, -0.15) is 0 Å². The number of amides is 2. The Balaban J connectivity index is 2.10. The molecule has 0 bridgehead atoms. The highest BCUT2D eigenvalue weighted by Gasteiger charge is 2.22. The van der Waals surface area contributed by atoms with Gasteiger partial charge in [0.2, 0.25) is 11.8 Å². The smallest absolute Gasteiger partial charge is 0.242 e. The average Bonchev–Trinajstić information content (AvgIpc) is 3.32. The largest absolute Gasteiger partial charge is 0.493 e. The molecule has 0 saturated carbocycles. The maximum Gasteiger partial charge on any atom is 0.242 e. The minimum atomic E-state index is 0.00182. The molecule has 0 radical (unpaired) electrons. The van der Waals surface area contributed by atoms with Crippen LogP contribution in [0.15, 0.2) is 30.3 Å². The Morgan fingerprint density at radius 1 is 0.811 bits per heavy atom. The van der Waals surface area contributed by atoms with Crippen LogP contribution in [-0.4, -0.2) is 55.5 Å². The number of methoxy groups -OCH3 is 2. The van der Waals surface area contributed by atoms with E-state index in [1.807, 2.05) is 23.1 Å². The van der Waals surface area contributed by atoms with Gasteiger partial charge in [-0.15, -0.1) is 11.3 Å². The Morgan fingerprint density at radius 3 is 2.19 bits per heavy atom. The van der Waals surface area contributed by atoms with E-state index in [4.69, 9.17) is 9.47 Å². The summed E-state index contributed by atoms with van der Waals surface area (Å²) >= 11 is 1.71. The third kappa shape index (κ3) is 10.8. The third-order valence-electron chi connectivity index (χ3n) is 6.57. The van der Waals surface area contributed by atoms with Crippen LogP contribution in [-0.2, 0) is 22.6 Å². The molecule has 2 amide bonds. The van der Waals surface area contributed by atoms with E-state index >= 15 is 0 Å². The molecule has 1 aromatic heterocycles. The van der Waals surface area contributed by atoms with Crippen molar-refractivity contribution in [3.05, 3.63) is 45.6 Å². The molecule has 2 rings (SSSR count). The van der Waals surface area contributed by atoms with Crippen LogP contribution in [0.4, 0.5) is 0 Å².